The second-order valence-electron chi connectivity index (χ2n) is 14.0. The van der Waals surface area contributed by atoms with Crippen molar-refractivity contribution in [3.05, 3.63) is 199 Å². The minimum absolute atomic E-state index is 0.0151. The number of hydrogen-bond donors (Lipinski definition) is 0. The Bertz CT molecular complexity index is 3100. The van der Waals surface area contributed by atoms with Crippen molar-refractivity contribution in [2.24, 2.45) is 0 Å². The molecule has 0 saturated heterocycles. The minimum Gasteiger partial charge on any atom is -0.306 e. The minimum atomic E-state index is -0.0151. The molecule has 1 aliphatic carbocycles. The molecule has 4 aromatic heterocycles. The molecule has 0 fully saturated rings. The maximum atomic E-state index is 5.41. The van der Waals surface area contributed by atoms with Gasteiger partial charge in [0.25, 0.3) is 0 Å². The van der Waals surface area contributed by atoms with E-state index in [1.807, 2.05) is 18.2 Å². The first-order chi connectivity index (χ1) is 27.3. The molecule has 0 spiro atoms. The summed E-state index contributed by atoms with van der Waals surface area (Å²) in [6.07, 6.45) is 7.55. The van der Waals surface area contributed by atoms with Gasteiger partial charge in [-0.2, -0.15) is 9.97 Å². The van der Waals surface area contributed by atoms with Crippen LogP contribution in [-0.2, 0) is 0 Å². The van der Waals surface area contributed by atoms with Crippen molar-refractivity contribution in [2.75, 3.05) is 0 Å². The molecule has 55 heavy (non-hydrogen) atoms. The topological polar surface area (TPSA) is 53.5 Å². The van der Waals surface area contributed by atoms with Crippen LogP contribution < -0.4 is 0 Å². The van der Waals surface area contributed by atoms with Gasteiger partial charge in [0.05, 0.1) is 27.6 Å². The van der Waals surface area contributed by atoms with Crippen molar-refractivity contribution in [1.29, 1.82) is 0 Å². The molecule has 1 atom stereocenters. The number of aromatic nitrogens is 6. The predicted octanol–water partition coefficient (Wildman–Crippen LogP) is 11.7. The van der Waals surface area contributed by atoms with Crippen molar-refractivity contribution >= 4 is 49.4 Å². The number of nitrogens with zero attached hydrogens (tertiary/aromatic N) is 6. The summed E-state index contributed by atoms with van der Waals surface area (Å²) in [6.45, 7) is 0. The molecule has 1 aliphatic rings. The van der Waals surface area contributed by atoms with Gasteiger partial charge in [0.2, 0.25) is 5.95 Å². The summed E-state index contributed by atoms with van der Waals surface area (Å²) in [5.74, 6) is 1.98. The van der Waals surface area contributed by atoms with Gasteiger partial charge < -0.3 is 9.13 Å². The summed E-state index contributed by atoms with van der Waals surface area (Å²) >= 11 is 0. The van der Waals surface area contributed by atoms with E-state index in [2.05, 4.69) is 184 Å². The van der Waals surface area contributed by atoms with Crippen LogP contribution in [0, 0.1) is 0 Å². The Morgan fingerprint density at radius 1 is 0.436 bits per heavy atom. The molecule has 0 amide bonds. The third kappa shape index (κ3) is 4.99. The van der Waals surface area contributed by atoms with E-state index >= 15 is 0 Å². The fourth-order valence-electron chi connectivity index (χ4n) is 8.35. The second-order valence-corrected chi connectivity index (χ2v) is 14.0. The quantitative estimate of drug-likeness (QED) is 0.173. The molecule has 6 heteroatoms. The standard InChI is InChI=1S/C49H34N6/c1-5-17-33(18-6-1)34-29-31-36(32-30-34)48-50-47(35-19-7-2-8-20-35)51-49(52-48)55-42-28-16-14-26-40(42)44-46(55)45-43(54(44)38-23-11-4-12-24-38)39-25-13-15-27-41(39)53(45)37-21-9-3-10-22-37/h1-31,36H,32H2. The molecule has 11 rings (SSSR count). The van der Waals surface area contributed by atoms with Gasteiger partial charge in [-0.1, -0.05) is 152 Å². The fourth-order valence-corrected chi connectivity index (χ4v) is 8.35. The molecule has 6 nitrogen and oxygen atoms in total. The number of para-hydroxylation sites is 4. The molecule has 0 bridgehead atoms. The highest BCUT2D eigenvalue weighted by Crippen LogP contribution is 2.45. The molecular formula is C49H34N6. The van der Waals surface area contributed by atoms with Crippen LogP contribution in [0.15, 0.2) is 188 Å². The van der Waals surface area contributed by atoms with Gasteiger partial charge in [-0.15, -0.1) is 0 Å². The van der Waals surface area contributed by atoms with E-state index in [9.17, 15) is 0 Å². The van der Waals surface area contributed by atoms with Crippen molar-refractivity contribution in [2.45, 2.75) is 12.3 Å². The lowest BCUT2D eigenvalue weighted by Crippen LogP contribution is -2.12. The maximum Gasteiger partial charge on any atom is 0.238 e. The van der Waals surface area contributed by atoms with Crippen LogP contribution in [0.2, 0.25) is 0 Å². The Morgan fingerprint density at radius 3 is 1.55 bits per heavy atom. The molecule has 1 unspecified atom stereocenters. The third-order valence-electron chi connectivity index (χ3n) is 10.8. The Kier molecular flexibility index (Phi) is 7.20. The number of benzene rings is 6. The predicted molar refractivity (Wildman–Crippen MR) is 224 cm³/mol. The zero-order valence-electron chi connectivity index (χ0n) is 29.9. The SMILES string of the molecule is C1=CC(c2nc(-c3ccccc3)nc(-n3c4ccccc4c4c3c3c(c5ccccc5n3-c3ccccc3)n4-c3ccccc3)n2)CC=C1c1ccccc1. The zero-order chi connectivity index (χ0) is 36.3. The van der Waals surface area contributed by atoms with Crippen molar-refractivity contribution in [3.63, 3.8) is 0 Å². The summed E-state index contributed by atoms with van der Waals surface area (Å²) in [5, 5.41) is 2.30. The average Bonchev–Trinajstić information content (AvgIpc) is 3.90. The van der Waals surface area contributed by atoms with Crippen LogP contribution >= 0.6 is 0 Å². The Labute approximate surface area is 317 Å². The smallest absolute Gasteiger partial charge is 0.238 e. The van der Waals surface area contributed by atoms with Gasteiger partial charge in [0.15, 0.2) is 5.82 Å². The largest absolute Gasteiger partial charge is 0.306 e. The van der Waals surface area contributed by atoms with Crippen LogP contribution in [0.3, 0.4) is 0 Å². The van der Waals surface area contributed by atoms with E-state index in [-0.39, 0.29) is 5.92 Å². The monoisotopic (exact) mass is 706 g/mol. The lowest BCUT2D eigenvalue weighted by Gasteiger charge is -2.17. The van der Waals surface area contributed by atoms with E-state index in [0.29, 0.717) is 11.8 Å². The molecule has 0 aliphatic heterocycles. The summed E-state index contributed by atoms with van der Waals surface area (Å²) in [5.41, 5.74) is 12.1. The van der Waals surface area contributed by atoms with E-state index in [0.717, 1.165) is 67.7 Å². The summed E-state index contributed by atoms with van der Waals surface area (Å²) in [7, 11) is 0. The van der Waals surface area contributed by atoms with Gasteiger partial charge >= 0.3 is 0 Å². The molecule has 4 heterocycles. The number of allylic oxidation sites excluding steroid dienone is 4. The van der Waals surface area contributed by atoms with Gasteiger partial charge in [-0.3, -0.25) is 4.57 Å². The maximum absolute atomic E-state index is 5.41. The van der Waals surface area contributed by atoms with Gasteiger partial charge in [0.1, 0.15) is 11.3 Å². The highest BCUT2D eigenvalue weighted by Gasteiger charge is 2.29. The number of hydrogen-bond acceptors (Lipinski definition) is 3. The Morgan fingerprint density at radius 2 is 0.945 bits per heavy atom. The molecular weight excluding hydrogens is 673 g/mol. The van der Waals surface area contributed by atoms with E-state index in [1.165, 1.54) is 16.5 Å². The number of rotatable bonds is 6. The Hall–Kier alpha value is -7.31. The van der Waals surface area contributed by atoms with Crippen molar-refractivity contribution < 1.29 is 0 Å². The molecule has 6 aromatic carbocycles. The van der Waals surface area contributed by atoms with Crippen molar-refractivity contribution in [1.82, 2.24) is 28.7 Å². The summed E-state index contributed by atoms with van der Waals surface area (Å²) < 4.78 is 7.12. The van der Waals surface area contributed by atoms with Crippen LogP contribution in [0.1, 0.15) is 23.7 Å². The lowest BCUT2D eigenvalue weighted by atomic mass is 9.92. The normalized spacial score (nSPS) is 14.3. The summed E-state index contributed by atoms with van der Waals surface area (Å²) in [4.78, 5) is 15.9. The van der Waals surface area contributed by atoms with E-state index in [4.69, 9.17) is 15.0 Å². The molecule has 260 valence electrons. The highest BCUT2D eigenvalue weighted by molar-refractivity contribution is 6.25. The Balaban J connectivity index is 1.25. The molecule has 0 N–H and O–H groups in total. The highest BCUT2D eigenvalue weighted by atomic mass is 15.2. The van der Waals surface area contributed by atoms with Crippen molar-refractivity contribution in [3.8, 4) is 28.7 Å². The number of fused-ring (bicyclic) bond motifs is 7. The van der Waals surface area contributed by atoms with Crippen LogP contribution in [-0.4, -0.2) is 28.7 Å². The second kappa shape index (κ2) is 12.7. The van der Waals surface area contributed by atoms with E-state index < -0.39 is 0 Å². The zero-order valence-corrected chi connectivity index (χ0v) is 29.9. The third-order valence-corrected chi connectivity index (χ3v) is 10.8. The van der Waals surface area contributed by atoms with Gasteiger partial charge in [-0.05, 0) is 54.0 Å². The van der Waals surface area contributed by atoms with Crippen LogP contribution in [0.4, 0.5) is 0 Å². The first-order valence-electron chi connectivity index (χ1n) is 18.8. The fraction of sp³-hybridized carbons (Fsp3) is 0.0408. The first kappa shape index (κ1) is 31.2. The summed E-state index contributed by atoms with van der Waals surface area (Å²) in [6, 6.07) is 59.5. The van der Waals surface area contributed by atoms with Crippen LogP contribution in [0.5, 0.6) is 0 Å². The lowest BCUT2D eigenvalue weighted by molar-refractivity contribution is 0.751. The molecule has 0 saturated carbocycles. The first-order valence-corrected chi connectivity index (χ1v) is 18.8. The molecule has 0 radical (unpaired) electrons. The molecule has 10 aromatic rings. The van der Waals surface area contributed by atoms with Gasteiger partial charge in [0, 0.05) is 33.6 Å². The van der Waals surface area contributed by atoms with Crippen LogP contribution in [0.25, 0.3) is 78.2 Å². The average molecular weight is 707 g/mol. The van der Waals surface area contributed by atoms with Gasteiger partial charge in [-0.25, -0.2) is 4.98 Å². The van der Waals surface area contributed by atoms with E-state index in [1.54, 1.807) is 0 Å².